The standard InChI is InChI=1S/C15H17ClN2O/c1-3-17-10-12-8-11(2)18-15(9-12)19-14-6-4-13(16)5-7-14/h4-9,17H,3,10H2,1-2H3. The number of pyridine rings is 1. The Kier molecular flexibility index (Phi) is 4.77. The minimum absolute atomic E-state index is 0.607. The summed E-state index contributed by atoms with van der Waals surface area (Å²) in [5.74, 6) is 1.34. The van der Waals surface area contributed by atoms with Gasteiger partial charge in [-0.25, -0.2) is 4.98 Å². The van der Waals surface area contributed by atoms with Gasteiger partial charge in [-0.05, 0) is 49.4 Å². The first-order valence-electron chi connectivity index (χ1n) is 6.29. The molecule has 0 aliphatic heterocycles. The Morgan fingerprint density at radius 2 is 1.95 bits per heavy atom. The maximum absolute atomic E-state index is 5.84. The first-order valence-corrected chi connectivity index (χ1v) is 6.67. The van der Waals surface area contributed by atoms with Crippen molar-refractivity contribution in [3.63, 3.8) is 0 Å². The third-order valence-electron chi connectivity index (χ3n) is 2.60. The summed E-state index contributed by atoms with van der Waals surface area (Å²) < 4.78 is 5.74. The highest BCUT2D eigenvalue weighted by Crippen LogP contribution is 2.22. The van der Waals surface area contributed by atoms with Gasteiger partial charge in [0.05, 0.1) is 0 Å². The Bertz CT molecular complexity index is 540. The van der Waals surface area contributed by atoms with Gasteiger partial charge in [-0.15, -0.1) is 0 Å². The zero-order valence-electron chi connectivity index (χ0n) is 11.1. The largest absolute Gasteiger partial charge is 0.439 e. The molecule has 0 spiro atoms. The van der Waals surface area contributed by atoms with Crippen molar-refractivity contribution in [2.45, 2.75) is 20.4 Å². The monoisotopic (exact) mass is 276 g/mol. The quantitative estimate of drug-likeness (QED) is 0.898. The number of benzene rings is 1. The van der Waals surface area contributed by atoms with Crippen molar-refractivity contribution in [3.05, 3.63) is 52.7 Å². The third-order valence-corrected chi connectivity index (χ3v) is 2.86. The minimum Gasteiger partial charge on any atom is -0.439 e. The molecule has 0 saturated heterocycles. The van der Waals surface area contributed by atoms with Gasteiger partial charge >= 0.3 is 0 Å². The maximum Gasteiger partial charge on any atom is 0.219 e. The van der Waals surface area contributed by atoms with Gasteiger partial charge in [0, 0.05) is 23.3 Å². The summed E-state index contributed by atoms with van der Waals surface area (Å²) in [6.07, 6.45) is 0. The van der Waals surface area contributed by atoms with Crippen molar-refractivity contribution in [3.8, 4) is 11.6 Å². The van der Waals surface area contributed by atoms with E-state index in [1.807, 2.05) is 25.1 Å². The zero-order valence-corrected chi connectivity index (χ0v) is 11.9. The fourth-order valence-corrected chi connectivity index (χ4v) is 1.88. The van der Waals surface area contributed by atoms with Crippen molar-refractivity contribution in [2.24, 2.45) is 0 Å². The molecular formula is C15H17ClN2O. The van der Waals surface area contributed by atoms with Crippen LogP contribution in [-0.2, 0) is 6.54 Å². The second-order valence-electron chi connectivity index (χ2n) is 4.29. The summed E-state index contributed by atoms with van der Waals surface area (Å²) in [5.41, 5.74) is 2.11. The number of halogens is 1. The van der Waals surface area contributed by atoms with Crippen LogP contribution in [-0.4, -0.2) is 11.5 Å². The SMILES string of the molecule is CCNCc1cc(C)nc(Oc2ccc(Cl)cc2)c1. The summed E-state index contributed by atoms with van der Waals surface area (Å²) in [6, 6.07) is 11.3. The number of hydrogen-bond acceptors (Lipinski definition) is 3. The summed E-state index contributed by atoms with van der Waals surface area (Å²) in [5, 5.41) is 3.98. The molecule has 0 unspecified atom stereocenters. The van der Waals surface area contributed by atoms with E-state index in [9.17, 15) is 0 Å². The van der Waals surface area contributed by atoms with Crippen LogP contribution in [0.5, 0.6) is 11.6 Å². The van der Waals surface area contributed by atoms with Gasteiger partial charge in [0.1, 0.15) is 5.75 Å². The molecule has 0 saturated carbocycles. The van der Waals surface area contributed by atoms with E-state index in [1.54, 1.807) is 12.1 Å². The molecule has 0 bridgehead atoms. The molecule has 1 heterocycles. The second-order valence-corrected chi connectivity index (χ2v) is 4.73. The van der Waals surface area contributed by atoms with Crippen LogP contribution in [0.3, 0.4) is 0 Å². The summed E-state index contributed by atoms with van der Waals surface area (Å²) >= 11 is 5.84. The molecule has 1 aromatic heterocycles. The lowest BCUT2D eigenvalue weighted by Crippen LogP contribution is -2.12. The smallest absolute Gasteiger partial charge is 0.219 e. The number of hydrogen-bond donors (Lipinski definition) is 1. The van der Waals surface area contributed by atoms with Gasteiger partial charge in [0.2, 0.25) is 5.88 Å². The number of nitrogens with zero attached hydrogens (tertiary/aromatic N) is 1. The lowest BCUT2D eigenvalue weighted by atomic mass is 10.2. The van der Waals surface area contributed by atoms with Crippen molar-refractivity contribution in [1.29, 1.82) is 0 Å². The Labute approximate surface area is 118 Å². The van der Waals surface area contributed by atoms with Gasteiger partial charge in [0.15, 0.2) is 0 Å². The highest BCUT2D eigenvalue weighted by molar-refractivity contribution is 6.30. The number of ether oxygens (including phenoxy) is 1. The highest BCUT2D eigenvalue weighted by atomic mass is 35.5. The molecule has 0 aliphatic carbocycles. The summed E-state index contributed by atoms with van der Waals surface area (Å²) in [4.78, 5) is 4.38. The molecule has 0 atom stereocenters. The van der Waals surface area contributed by atoms with E-state index in [0.717, 1.165) is 24.5 Å². The summed E-state index contributed by atoms with van der Waals surface area (Å²) in [7, 11) is 0. The Balaban J connectivity index is 2.15. The van der Waals surface area contributed by atoms with E-state index >= 15 is 0 Å². The summed E-state index contributed by atoms with van der Waals surface area (Å²) in [6.45, 7) is 5.80. The molecular weight excluding hydrogens is 260 g/mol. The van der Waals surface area contributed by atoms with E-state index in [2.05, 4.69) is 23.3 Å². The van der Waals surface area contributed by atoms with Gasteiger partial charge < -0.3 is 10.1 Å². The lowest BCUT2D eigenvalue weighted by molar-refractivity contribution is 0.460. The lowest BCUT2D eigenvalue weighted by Gasteiger charge is -2.09. The van der Waals surface area contributed by atoms with E-state index in [0.29, 0.717) is 10.9 Å². The van der Waals surface area contributed by atoms with Gasteiger partial charge in [-0.2, -0.15) is 0 Å². The molecule has 4 heteroatoms. The number of nitrogens with one attached hydrogen (secondary N) is 1. The molecule has 1 N–H and O–H groups in total. The van der Waals surface area contributed by atoms with E-state index < -0.39 is 0 Å². The molecule has 0 amide bonds. The zero-order chi connectivity index (χ0) is 13.7. The Morgan fingerprint density at radius 1 is 1.21 bits per heavy atom. The maximum atomic E-state index is 5.84. The first-order chi connectivity index (χ1) is 9.17. The third kappa shape index (κ3) is 4.23. The average Bonchev–Trinajstić information content (AvgIpc) is 2.38. The average molecular weight is 277 g/mol. The molecule has 100 valence electrons. The minimum atomic E-state index is 0.607. The molecule has 1 aromatic carbocycles. The fourth-order valence-electron chi connectivity index (χ4n) is 1.75. The van der Waals surface area contributed by atoms with Gasteiger partial charge in [-0.1, -0.05) is 18.5 Å². The molecule has 2 aromatic rings. The predicted octanol–water partition coefficient (Wildman–Crippen LogP) is 3.95. The molecule has 0 fully saturated rings. The van der Waals surface area contributed by atoms with Crippen molar-refractivity contribution in [1.82, 2.24) is 10.3 Å². The van der Waals surface area contributed by atoms with Crippen LogP contribution >= 0.6 is 11.6 Å². The van der Waals surface area contributed by atoms with Crippen molar-refractivity contribution in [2.75, 3.05) is 6.54 Å². The van der Waals surface area contributed by atoms with Crippen LogP contribution in [0, 0.1) is 6.92 Å². The molecule has 3 nitrogen and oxygen atoms in total. The van der Waals surface area contributed by atoms with Crippen LogP contribution < -0.4 is 10.1 Å². The van der Waals surface area contributed by atoms with Crippen LogP contribution in [0.1, 0.15) is 18.2 Å². The van der Waals surface area contributed by atoms with E-state index in [4.69, 9.17) is 16.3 Å². The van der Waals surface area contributed by atoms with Gasteiger partial charge in [0.25, 0.3) is 0 Å². The number of rotatable bonds is 5. The molecule has 0 aliphatic rings. The van der Waals surface area contributed by atoms with Crippen molar-refractivity contribution >= 4 is 11.6 Å². The van der Waals surface area contributed by atoms with Crippen LogP contribution in [0.25, 0.3) is 0 Å². The number of aryl methyl sites for hydroxylation is 1. The van der Waals surface area contributed by atoms with Crippen LogP contribution in [0.15, 0.2) is 36.4 Å². The Morgan fingerprint density at radius 3 is 2.63 bits per heavy atom. The second kappa shape index (κ2) is 6.55. The van der Waals surface area contributed by atoms with Gasteiger partial charge in [-0.3, -0.25) is 0 Å². The van der Waals surface area contributed by atoms with Crippen LogP contribution in [0.2, 0.25) is 5.02 Å². The normalized spacial score (nSPS) is 10.5. The molecule has 19 heavy (non-hydrogen) atoms. The topological polar surface area (TPSA) is 34.2 Å². The molecule has 0 radical (unpaired) electrons. The van der Waals surface area contributed by atoms with E-state index in [-0.39, 0.29) is 0 Å². The fraction of sp³-hybridized carbons (Fsp3) is 0.267. The highest BCUT2D eigenvalue weighted by Gasteiger charge is 2.03. The molecule has 2 rings (SSSR count). The Hall–Kier alpha value is -1.58. The predicted molar refractivity (Wildman–Crippen MR) is 77.9 cm³/mol. The first kappa shape index (κ1) is 13.8. The van der Waals surface area contributed by atoms with Crippen LogP contribution in [0.4, 0.5) is 0 Å². The van der Waals surface area contributed by atoms with E-state index in [1.165, 1.54) is 5.56 Å². The van der Waals surface area contributed by atoms with Crippen molar-refractivity contribution < 1.29 is 4.74 Å². The number of aromatic nitrogens is 1.